The summed E-state index contributed by atoms with van der Waals surface area (Å²) in [5.74, 6) is -0.0347. The number of hydrogen-bond acceptors (Lipinski definition) is 14. The number of rotatable bonds is 13. The number of nitrogens with one attached hydrogen (secondary N) is 1. The summed E-state index contributed by atoms with van der Waals surface area (Å²) >= 11 is 0. The minimum Gasteiger partial charge on any atom is -0.460 e. The number of morpholine rings is 1. The molecule has 0 spiro atoms. The van der Waals surface area contributed by atoms with Crippen LogP contribution in [0.5, 0.6) is 0 Å². The molecule has 0 aromatic heterocycles. The number of hydrogen-bond donors (Lipinski definition) is 5. The van der Waals surface area contributed by atoms with Gasteiger partial charge < -0.3 is 49.9 Å². The van der Waals surface area contributed by atoms with Crippen molar-refractivity contribution in [1.29, 1.82) is 0 Å². The number of ether oxygens (including phenoxy) is 2. The van der Waals surface area contributed by atoms with Crippen molar-refractivity contribution in [2.24, 2.45) is 59.6 Å². The van der Waals surface area contributed by atoms with Crippen molar-refractivity contribution in [3.05, 3.63) is 0 Å². The van der Waals surface area contributed by atoms with Crippen LogP contribution in [0.3, 0.4) is 0 Å². The predicted molar refractivity (Wildman–Crippen MR) is 460 cm³/mol. The van der Waals surface area contributed by atoms with E-state index in [1.807, 2.05) is 118 Å². The summed E-state index contributed by atoms with van der Waals surface area (Å²) in [6.07, 6.45) is 12.1. The van der Waals surface area contributed by atoms with Crippen LogP contribution in [0.25, 0.3) is 0 Å². The van der Waals surface area contributed by atoms with E-state index in [4.69, 9.17) is 24.8 Å². The number of carbonyl (C=O) groups excluding carboxylic acids is 2. The first-order chi connectivity index (χ1) is 46.9. The fourth-order valence-electron chi connectivity index (χ4n) is 13.7. The highest BCUT2D eigenvalue weighted by Gasteiger charge is 2.36. The molecule has 4 aliphatic heterocycles. The van der Waals surface area contributed by atoms with E-state index in [2.05, 4.69) is 194 Å². The summed E-state index contributed by atoms with van der Waals surface area (Å²) in [7, 11) is 4.23. The molecule has 2 atom stereocenters. The van der Waals surface area contributed by atoms with Gasteiger partial charge in [-0.1, -0.05) is 200 Å². The molecule has 1 aliphatic carbocycles. The normalized spacial score (nSPS) is 19.2. The Hall–Kier alpha value is -1.57. The van der Waals surface area contributed by atoms with Gasteiger partial charge in [0.2, 0.25) is 5.91 Å². The molecule has 4 heterocycles. The van der Waals surface area contributed by atoms with Crippen molar-refractivity contribution in [2.75, 3.05) is 139 Å². The molecule has 16 heteroatoms. The van der Waals surface area contributed by atoms with Crippen LogP contribution >= 0.6 is 0 Å². The van der Waals surface area contributed by atoms with E-state index in [1.54, 1.807) is 13.8 Å². The molecular weight excluding hydrogens is 1330 g/mol. The van der Waals surface area contributed by atoms with Crippen LogP contribution in [0, 0.1) is 59.6 Å². The number of amides is 1. The van der Waals surface area contributed by atoms with E-state index in [0.29, 0.717) is 69.6 Å². The van der Waals surface area contributed by atoms with Gasteiger partial charge in [-0.3, -0.25) is 24.3 Å². The Bertz CT molecular complexity index is 2100. The van der Waals surface area contributed by atoms with Gasteiger partial charge in [0.15, 0.2) is 0 Å². The fraction of sp³-hybridized carbons (Fsp3) is 0.978. The quantitative estimate of drug-likeness (QED) is 0.111. The Morgan fingerprint density at radius 2 is 0.877 bits per heavy atom. The Balaban J connectivity index is -0.000000357. The molecular formula is C90H192FN7O8. The Morgan fingerprint density at radius 3 is 1.08 bits per heavy atom. The molecule has 0 aromatic rings. The van der Waals surface area contributed by atoms with Crippen molar-refractivity contribution in [3.63, 3.8) is 0 Å². The number of piperazine rings is 1. The molecule has 4 saturated heterocycles. The molecule has 0 bridgehead atoms. The fourth-order valence-corrected chi connectivity index (χ4v) is 13.7. The van der Waals surface area contributed by atoms with Crippen LogP contribution in [0.2, 0.25) is 0 Å². The average Bonchev–Trinajstić information content (AvgIpc) is 1.03. The van der Waals surface area contributed by atoms with Gasteiger partial charge in [0.05, 0.1) is 44.1 Å². The van der Waals surface area contributed by atoms with Gasteiger partial charge in [0.1, 0.15) is 11.3 Å². The first-order valence-corrected chi connectivity index (χ1v) is 41.5. The zero-order valence-electron chi connectivity index (χ0n) is 79.2. The molecule has 5 rings (SSSR count). The first-order valence-electron chi connectivity index (χ1n) is 41.5. The molecule has 1 saturated carbocycles. The second-order valence-corrected chi connectivity index (χ2v) is 46.7. The largest absolute Gasteiger partial charge is 0.460 e. The molecule has 0 radical (unpaired) electrons. The van der Waals surface area contributed by atoms with Gasteiger partial charge in [-0.15, -0.1) is 0 Å². The lowest BCUT2D eigenvalue weighted by atomic mass is 9.63. The second kappa shape index (κ2) is 49.9. The van der Waals surface area contributed by atoms with Crippen molar-refractivity contribution in [1.82, 2.24) is 34.7 Å². The lowest BCUT2D eigenvalue weighted by Crippen LogP contribution is -2.47. The SMILES string of the molecule is CC(C)(C)CC(C)(C)F.CC(C)(C)CC(C)(C)O.CC(C)(C)CC1(C)CCC1.CC(C)(C)CN1CCC[C@@H]1CO.CC(C)(C)CN1CCC[C@H]1CO.CC(C)(C)CN1CCOCC1.CC(C)(C)OC(=O)C(C)(C)C.CC(C)NC(=O)C(C)(C)C.CN(CCO)CC(C)(C)C.CN1CCN(CC(C)(C)C)CC1. The predicted octanol–water partition coefficient (Wildman–Crippen LogP) is 19.5. The van der Waals surface area contributed by atoms with E-state index in [0.717, 1.165) is 58.9 Å². The summed E-state index contributed by atoms with van der Waals surface area (Å²) in [6.45, 7) is 102. The number of nitrogens with zero attached hydrogens (tertiary/aromatic N) is 6. The maximum atomic E-state index is 12.9. The summed E-state index contributed by atoms with van der Waals surface area (Å²) in [6, 6.07) is 1.11. The first kappa shape index (κ1) is 113. The van der Waals surface area contributed by atoms with Crippen molar-refractivity contribution < 1.29 is 43.9 Å². The summed E-state index contributed by atoms with van der Waals surface area (Å²) < 4.78 is 23.3. The van der Waals surface area contributed by atoms with Gasteiger partial charge >= 0.3 is 5.97 Å². The summed E-state index contributed by atoms with van der Waals surface area (Å²) in [5.41, 5.74) is 0.967. The Labute approximate surface area is 661 Å². The number of aliphatic hydroxyl groups is 4. The monoisotopic (exact) mass is 1520 g/mol. The van der Waals surface area contributed by atoms with Crippen LogP contribution in [-0.4, -0.2) is 235 Å². The van der Waals surface area contributed by atoms with Gasteiger partial charge in [0.25, 0.3) is 0 Å². The van der Waals surface area contributed by atoms with Gasteiger partial charge in [-0.05, 0) is 217 Å². The topological polar surface area (TPSA) is 165 Å². The third kappa shape index (κ3) is 79.1. The molecule has 0 unspecified atom stereocenters. The average molecular weight is 1520 g/mol. The number of carbonyl (C=O) groups is 2. The molecule has 5 N–H and O–H groups in total. The molecule has 5 aliphatic rings. The van der Waals surface area contributed by atoms with Gasteiger partial charge in [-0.25, -0.2) is 4.39 Å². The van der Waals surface area contributed by atoms with Crippen LogP contribution in [-0.2, 0) is 19.1 Å². The molecule has 642 valence electrons. The van der Waals surface area contributed by atoms with Crippen LogP contribution < -0.4 is 5.32 Å². The lowest BCUT2D eigenvalue weighted by molar-refractivity contribution is -0.164. The van der Waals surface area contributed by atoms with E-state index >= 15 is 0 Å². The second-order valence-electron chi connectivity index (χ2n) is 46.7. The number of esters is 1. The Morgan fingerprint density at radius 1 is 0.509 bits per heavy atom. The lowest BCUT2D eigenvalue weighted by Gasteiger charge is -2.42. The number of halogens is 1. The summed E-state index contributed by atoms with van der Waals surface area (Å²) in [5, 5.41) is 39.0. The smallest absolute Gasteiger partial charge is 0.311 e. The maximum Gasteiger partial charge on any atom is 0.311 e. The highest BCUT2D eigenvalue weighted by atomic mass is 19.1. The highest BCUT2D eigenvalue weighted by Crippen LogP contribution is 2.48. The highest BCUT2D eigenvalue weighted by molar-refractivity contribution is 5.81. The molecule has 106 heavy (non-hydrogen) atoms. The van der Waals surface area contributed by atoms with Gasteiger partial charge in [0, 0.05) is 102 Å². The molecule has 1 amide bonds. The van der Waals surface area contributed by atoms with Crippen molar-refractivity contribution >= 4 is 11.9 Å². The van der Waals surface area contributed by atoms with E-state index in [9.17, 15) is 19.1 Å². The van der Waals surface area contributed by atoms with E-state index < -0.39 is 16.7 Å². The molecule has 15 nitrogen and oxygen atoms in total. The van der Waals surface area contributed by atoms with Crippen molar-refractivity contribution in [3.8, 4) is 0 Å². The maximum absolute atomic E-state index is 12.9. The number of likely N-dealkylation sites (N-methyl/N-ethyl adjacent to an activating group) is 2. The summed E-state index contributed by atoms with van der Waals surface area (Å²) in [4.78, 5) is 36.8. The van der Waals surface area contributed by atoms with E-state index in [-0.39, 0.29) is 46.4 Å². The van der Waals surface area contributed by atoms with Crippen LogP contribution in [0.4, 0.5) is 4.39 Å². The standard InChI is InChI=1S/C10H22N2.2C10H21NO.C10H20.C9H19NO.C9H18O2.C8H17F.C8H19NO.C8H17NO.C8H18O/c1-10(2,3)9-12-7-5-11(4)6-8-12;2*1-10(2,3)8-11-6-4-5-9(11)7-12;1-9(2,3)8-10(4)6-5-7-10;1-9(2,3)8-10-4-6-11-7-5-10;1-8(2,3)7(10)11-9(4,5)6;1-7(2,3)6-8(4,5)9;1-8(2,3)7-9(4)5-6-10;1-6(2)9-7(10)8(3,4)5;1-7(2,3)6-8(4,5)9/h5-9H2,1-4H3;2*9,12H,4-8H2,1-3H3;5-8H2,1-4H3;4-8H2,1-3H3;1-6H3;6H2,1-5H3;10H,5-7H2,1-4H3;6H,1-5H3,(H,9,10);9H,6H2,1-5H3/t;2*9-;;;;;;;/m.10......./s1. The minimum absolute atomic E-state index is 0.109. The number of aliphatic hydroxyl groups excluding tert-OH is 3. The third-order valence-corrected chi connectivity index (χ3v) is 16.6. The van der Waals surface area contributed by atoms with Crippen molar-refractivity contribution in [2.45, 2.75) is 376 Å². The third-order valence-electron chi connectivity index (χ3n) is 16.6. The van der Waals surface area contributed by atoms with Crippen LogP contribution in [0.1, 0.15) is 341 Å². The zero-order valence-corrected chi connectivity index (χ0v) is 79.2. The van der Waals surface area contributed by atoms with Gasteiger partial charge in [-0.2, -0.15) is 0 Å². The Kier molecular flexibility index (Phi) is 53.2. The molecule has 0 aromatic carbocycles. The number of alkyl halides is 1. The zero-order chi connectivity index (χ0) is 85.0. The molecule has 5 fully saturated rings. The van der Waals surface area contributed by atoms with Crippen LogP contribution in [0.15, 0.2) is 0 Å². The minimum atomic E-state index is -1.02. The number of likely N-dealkylation sites (tertiary alicyclic amines) is 2. The van der Waals surface area contributed by atoms with E-state index in [1.165, 1.54) is 104 Å².